The van der Waals surface area contributed by atoms with Crippen LogP contribution in [0.1, 0.15) is 20.8 Å². The maximum Gasteiger partial charge on any atom is 0.411 e. The number of alkyl halides is 1. The first-order chi connectivity index (χ1) is 7.20. The minimum atomic E-state index is -0.786. The molecule has 90 valence electrons. The van der Waals surface area contributed by atoms with Crippen LogP contribution in [0, 0.1) is 0 Å². The van der Waals surface area contributed by atoms with E-state index in [0.717, 1.165) is 4.90 Å². The second kappa shape index (κ2) is 4.53. The molecule has 1 amide bonds. The lowest BCUT2D eigenvalue weighted by atomic mass is 10.1. The highest BCUT2D eigenvalue weighted by Gasteiger charge is 2.36. The summed E-state index contributed by atoms with van der Waals surface area (Å²) in [6.07, 6.45) is -0.631. The van der Waals surface area contributed by atoms with E-state index in [2.05, 4.69) is 15.9 Å². The molecule has 6 heteroatoms. The Morgan fingerprint density at radius 1 is 1.31 bits per heavy atom. The third kappa shape index (κ3) is 3.30. The number of Topliss-reactive ketones (excluding diaryl/α,β-unsaturated/α-hetero) is 2. The summed E-state index contributed by atoms with van der Waals surface area (Å²) in [6, 6.07) is 0. The molecular weight excluding hydrogens is 278 g/mol. The lowest BCUT2D eigenvalue weighted by Gasteiger charge is -2.30. The zero-order chi connectivity index (χ0) is 12.5. The fourth-order valence-electron chi connectivity index (χ4n) is 1.23. The van der Waals surface area contributed by atoms with Crippen molar-refractivity contribution in [3.8, 4) is 0 Å². The minimum absolute atomic E-state index is 0.0867. The van der Waals surface area contributed by atoms with E-state index in [1.807, 2.05) is 0 Å². The number of amides is 1. The molecular formula is C10H14BrNO4. The van der Waals surface area contributed by atoms with Crippen LogP contribution in [0.5, 0.6) is 0 Å². The average Bonchev–Trinajstić information content (AvgIpc) is 2.10. The minimum Gasteiger partial charge on any atom is -0.444 e. The molecule has 0 unspecified atom stereocenters. The topological polar surface area (TPSA) is 63.7 Å². The zero-order valence-corrected chi connectivity index (χ0v) is 11.0. The third-order valence-corrected chi connectivity index (χ3v) is 2.93. The SMILES string of the molecule is CC(C)(C)OC(=O)N1CC(=O)C(Br)C(=O)C1. The van der Waals surface area contributed by atoms with Gasteiger partial charge >= 0.3 is 6.09 Å². The van der Waals surface area contributed by atoms with Crippen LogP contribution in [0.25, 0.3) is 0 Å². The van der Waals surface area contributed by atoms with Crippen LogP contribution in [-0.4, -0.2) is 46.1 Å². The molecule has 0 atom stereocenters. The summed E-state index contributed by atoms with van der Waals surface area (Å²) in [7, 11) is 0. The van der Waals surface area contributed by atoms with Crippen LogP contribution >= 0.6 is 15.9 Å². The Bertz CT molecular complexity index is 316. The number of carbonyl (C=O) groups is 3. The molecule has 1 aliphatic rings. The van der Waals surface area contributed by atoms with Crippen LogP contribution in [0.3, 0.4) is 0 Å². The van der Waals surface area contributed by atoms with E-state index in [4.69, 9.17) is 4.74 Å². The molecule has 0 aromatic rings. The molecule has 0 bridgehead atoms. The van der Waals surface area contributed by atoms with Gasteiger partial charge in [-0.25, -0.2) is 4.79 Å². The van der Waals surface area contributed by atoms with Crippen molar-refractivity contribution in [1.29, 1.82) is 0 Å². The van der Waals surface area contributed by atoms with E-state index in [1.54, 1.807) is 20.8 Å². The first-order valence-electron chi connectivity index (χ1n) is 4.88. The Hall–Kier alpha value is -0.910. The number of ketones is 2. The highest BCUT2D eigenvalue weighted by atomic mass is 79.9. The van der Waals surface area contributed by atoms with Crippen molar-refractivity contribution in [3.05, 3.63) is 0 Å². The summed E-state index contributed by atoms with van der Waals surface area (Å²) in [6.45, 7) is 5.01. The van der Waals surface area contributed by atoms with E-state index >= 15 is 0 Å². The highest BCUT2D eigenvalue weighted by molar-refractivity contribution is 9.10. The Labute approximate surface area is 102 Å². The predicted molar refractivity (Wildman–Crippen MR) is 60.5 cm³/mol. The second-order valence-corrected chi connectivity index (χ2v) is 5.55. The van der Waals surface area contributed by atoms with Gasteiger partial charge in [0, 0.05) is 0 Å². The number of piperidine rings is 1. The molecule has 0 aromatic heterocycles. The van der Waals surface area contributed by atoms with Crippen LogP contribution in [0.2, 0.25) is 0 Å². The van der Waals surface area contributed by atoms with E-state index in [9.17, 15) is 14.4 Å². The van der Waals surface area contributed by atoms with Gasteiger partial charge in [-0.05, 0) is 20.8 Å². The number of hydrogen-bond donors (Lipinski definition) is 0. The number of likely N-dealkylation sites (tertiary alicyclic amines) is 1. The average molecular weight is 292 g/mol. The normalized spacial score (nSPS) is 18.9. The number of carbonyl (C=O) groups excluding carboxylic acids is 3. The highest BCUT2D eigenvalue weighted by Crippen LogP contribution is 2.15. The number of ether oxygens (including phenoxy) is 1. The lowest BCUT2D eigenvalue weighted by Crippen LogP contribution is -2.51. The first kappa shape index (κ1) is 13.2. The van der Waals surface area contributed by atoms with Gasteiger partial charge < -0.3 is 4.74 Å². The molecule has 0 spiro atoms. The van der Waals surface area contributed by atoms with Crippen LogP contribution in [-0.2, 0) is 14.3 Å². The van der Waals surface area contributed by atoms with Crippen molar-refractivity contribution < 1.29 is 19.1 Å². The van der Waals surface area contributed by atoms with Crippen LogP contribution in [0.4, 0.5) is 4.79 Å². The summed E-state index contributed by atoms with van der Waals surface area (Å²) in [5.74, 6) is -0.635. The monoisotopic (exact) mass is 291 g/mol. The number of halogens is 1. The van der Waals surface area contributed by atoms with Crippen molar-refractivity contribution in [1.82, 2.24) is 4.90 Å². The molecule has 0 aromatic carbocycles. The van der Waals surface area contributed by atoms with Crippen molar-refractivity contribution in [2.24, 2.45) is 0 Å². The summed E-state index contributed by atoms with van der Waals surface area (Å²) in [5, 5.41) is 0. The quantitative estimate of drug-likeness (QED) is 0.496. The lowest BCUT2D eigenvalue weighted by molar-refractivity contribution is -0.131. The molecule has 1 rings (SSSR count). The Morgan fingerprint density at radius 3 is 2.12 bits per heavy atom. The van der Waals surface area contributed by atoms with Crippen molar-refractivity contribution in [2.45, 2.75) is 31.2 Å². The van der Waals surface area contributed by atoms with Crippen LogP contribution < -0.4 is 0 Å². The van der Waals surface area contributed by atoms with Gasteiger partial charge in [-0.3, -0.25) is 14.5 Å². The van der Waals surface area contributed by atoms with Gasteiger partial charge in [0.1, 0.15) is 10.4 Å². The molecule has 0 aliphatic carbocycles. The smallest absolute Gasteiger partial charge is 0.411 e. The zero-order valence-electron chi connectivity index (χ0n) is 9.45. The molecule has 1 fully saturated rings. The summed E-state index contributed by atoms with van der Waals surface area (Å²) >= 11 is 2.98. The fraction of sp³-hybridized carbons (Fsp3) is 0.700. The maximum atomic E-state index is 11.6. The standard InChI is InChI=1S/C10H14BrNO4/c1-10(2,3)16-9(15)12-4-6(13)8(11)7(14)5-12/h8H,4-5H2,1-3H3. The molecule has 5 nitrogen and oxygen atoms in total. The molecule has 1 aliphatic heterocycles. The largest absolute Gasteiger partial charge is 0.444 e. The summed E-state index contributed by atoms with van der Waals surface area (Å²) in [4.78, 5) is 34.7. The number of hydrogen-bond acceptors (Lipinski definition) is 4. The van der Waals surface area contributed by atoms with E-state index in [0.29, 0.717) is 0 Å². The van der Waals surface area contributed by atoms with E-state index in [-0.39, 0.29) is 24.7 Å². The van der Waals surface area contributed by atoms with Crippen LogP contribution in [0.15, 0.2) is 0 Å². The first-order valence-corrected chi connectivity index (χ1v) is 5.80. The molecule has 0 radical (unpaired) electrons. The number of rotatable bonds is 0. The molecule has 16 heavy (non-hydrogen) atoms. The van der Waals surface area contributed by atoms with E-state index in [1.165, 1.54) is 0 Å². The van der Waals surface area contributed by atoms with Gasteiger partial charge in [0.2, 0.25) is 0 Å². The van der Waals surface area contributed by atoms with Gasteiger partial charge in [-0.2, -0.15) is 0 Å². The molecule has 1 saturated heterocycles. The molecule has 1 heterocycles. The van der Waals surface area contributed by atoms with Crippen molar-refractivity contribution >= 4 is 33.6 Å². The Balaban J connectivity index is 2.66. The van der Waals surface area contributed by atoms with E-state index < -0.39 is 16.5 Å². The van der Waals surface area contributed by atoms with Gasteiger partial charge in [-0.1, -0.05) is 15.9 Å². The summed E-state index contributed by atoms with van der Waals surface area (Å²) in [5.41, 5.74) is -0.631. The molecule has 0 saturated carbocycles. The second-order valence-electron chi connectivity index (χ2n) is 4.63. The van der Waals surface area contributed by atoms with Gasteiger partial charge in [0.25, 0.3) is 0 Å². The Morgan fingerprint density at radius 2 is 1.75 bits per heavy atom. The summed E-state index contributed by atoms with van der Waals surface area (Å²) < 4.78 is 5.08. The van der Waals surface area contributed by atoms with Crippen molar-refractivity contribution in [3.63, 3.8) is 0 Å². The third-order valence-electron chi connectivity index (χ3n) is 1.91. The molecule has 0 N–H and O–H groups in total. The van der Waals surface area contributed by atoms with Crippen molar-refractivity contribution in [2.75, 3.05) is 13.1 Å². The maximum absolute atomic E-state index is 11.6. The predicted octanol–water partition coefficient (Wildman–Crippen LogP) is 1.14. The van der Waals surface area contributed by atoms with Gasteiger partial charge in [0.15, 0.2) is 11.6 Å². The number of nitrogens with zero attached hydrogens (tertiary/aromatic N) is 1. The van der Waals surface area contributed by atoms with Gasteiger partial charge in [0.05, 0.1) is 13.1 Å². The fourth-order valence-corrected chi connectivity index (χ4v) is 1.52. The van der Waals surface area contributed by atoms with Gasteiger partial charge in [-0.15, -0.1) is 0 Å². The Kier molecular flexibility index (Phi) is 3.72.